The zero-order valence-electron chi connectivity index (χ0n) is 13.1. The van der Waals surface area contributed by atoms with Crippen molar-refractivity contribution in [3.8, 4) is 5.75 Å². The van der Waals surface area contributed by atoms with Crippen LogP contribution in [0, 0.1) is 6.92 Å². The van der Waals surface area contributed by atoms with Gasteiger partial charge in [0.1, 0.15) is 11.6 Å². The molecule has 0 amide bonds. The minimum absolute atomic E-state index is 0.593. The molecule has 0 spiro atoms. The lowest BCUT2D eigenvalue weighted by atomic mass is 10.1. The van der Waals surface area contributed by atoms with Crippen LogP contribution in [-0.2, 0) is 6.42 Å². The average Bonchev–Trinajstić information content (AvgIpc) is 3.31. The second-order valence-corrected chi connectivity index (χ2v) is 5.63. The molecule has 116 valence electrons. The Balaban J connectivity index is 1.59. The van der Waals surface area contributed by atoms with E-state index < -0.39 is 0 Å². The summed E-state index contributed by atoms with van der Waals surface area (Å²) in [5.74, 6) is 2.51. The van der Waals surface area contributed by atoms with Crippen molar-refractivity contribution in [2.75, 3.05) is 24.3 Å². The van der Waals surface area contributed by atoms with Crippen LogP contribution in [0.1, 0.15) is 24.1 Å². The summed E-state index contributed by atoms with van der Waals surface area (Å²) < 4.78 is 5.37. The number of methoxy groups -OCH3 is 1. The van der Waals surface area contributed by atoms with Crippen molar-refractivity contribution in [2.45, 2.75) is 32.2 Å². The lowest BCUT2D eigenvalue weighted by Gasteiger charge is -2.11. The zero-order chi connectivity index (χ0) is 15.4. The van der Waals surface area contributed by atoms with Gasteiger partial charge < -0.3 is 15.4 Å². The number of anilines is 2. The van der Waals surface area contributed by atoms with Gasteiger partial charge in [0.2, 0.25) is 5.95 Å². The molecule has 3 rings (SSSR count). The number of rotatable bonds is 7. The number of benzene rings is 1. The molecule has 2 aromatic rings. The van der Waals surface area contributed by atoms with Crippen LogP contribution in [0.2, 0.25) is 0 Å². The van der Waals surface area contributed by atoms with Crippen LogP contribution in [0.25, 0.3) is 0 Å². The number of para-hydroxylation sites is 1. The number of aromatic nitrogens is 2. The van der Waals surface area contributed by atoms with Crippen LogP contribution >= 0.6 is 0 Å². The summed E-state index contributed by atoms with van der Waals surface area (Å²) in [4.78, 5) is 8.96. The molecule has 0 atom stereocenters. The fourth-order valence-corrected chi connectivity index (χ4v) is 2.38. The Hall–Kier alpha value is -2.30. The summed E-state index contributed by atoms with van der Waals surface area (Å²) in [5, 5.41) is 6.71. The zero-order valence-corrected chi connectivity index (χ0v) is 13.1. The predicted molar refractivity (Wildman–Crippen MR) is 88.6 cm³/mol. The molecule has 5 heteroatoms. The second kappa shape index (κ2) is 6.64. The Bertz CT molecular complexity index is 640. The molecule has 1 aliphatic rings. The third-order valence-electron chi connectivity index (χ3n) is 3.65. The maximum absolute atomic E-state index is 5.37. The molecule has 1 aromatic heterocycles. The first-order chi connectivity index (χ1) is 10.7. The van der Waals surface area contributed by atoms with Crippen molar-refractivity contribution in [3.05, 3.63) is 41.6 Å². The third kappa shape index (κ3) is 3.87. The van der Waals surface area contributed by atoms with E-state index in [1.54, 1.807) is 7.11 Å². The molecule has 0 bridgehead atoms. The summed E-state index contributed by atoms with van der Waals surface area (Å²) in [6, 6.07) is 10.7. The lowest BCUT2D eigenvalue weighted by molar-refractivity contribution is 0.410. The standard InChI is InChI=1S/C17H22N4O/c1-12-11-16(20-14-7-8-14)21-17(19-12)18-10-9-13-5-3-4-6-15(13)22-2/h3-6,11,14H,7-10H2,1-2H3,(H2,18,19,20,21). The van der Waals surface area contributed by atoms with Gasteiger partial charge in [0.05, 0.1) is 7.11 Å². The summed E-state index contributed by atoms with van der Waals surface area (Å²) >= 11 is 0. The number of hydrogen-bond acceptors (Lipinski definition) is 5. The number of ether oxygens (including phenoxy) is 1. The van der Waals surface area contributed by atoms with Crippen molar-refractivity contribution >= 4 is 11.8 Å². The molecule has 0 saturated heterocycles. The summed E-state index contributed by atoms with van der Waals surface area (Å²) in [7, 11) is 1.70. The number of nitrogens with one attached hydrogen (secondary N) is 2. The Morgan fingerprint density at radius 2 is 2.05 bits per heavy atom. The minimum Gasteiger partial charge on any atom is -0.496 e. The van der Waals surface area contributed by atoms with Gasteiger partial charge in [-0.3, -0.25) is 0 Å². The first-order valence-corrected chi connectivity index (χ1v) is 7.72. The molecule has 5 nitrogen and oxygen atoms in total. The number of nitrogens with zero attached hydrogens (tertiary/aromatic N) is 2. The summed E-state index contributed by atoms with van der Waals surface area (Å²) in [5.41, 5.74) is 2.15. The molecule has 0 aliphatic heterocycles. The van der Waals surface area contributed by atoms with E-state index in [4.69, 9.17) is 4.74 Å². The lowest BCUT2D eigenvalue weighted by Crippen LogP contribution is -2.11. The molecular weight excluding hydrogens is 276 g/mol. The van der Waals surface area contributed by atoms with Gasteiger partial charge in [-0.2, -0.15) is 4.98 Å². The van der Waals surface area contributed by atoms with E-state index in [-0.39, 0.29) is 0 Å². The molecule has 1 aromatic carbocycles. The van der Waals surface area contributed by atoms with Crippen LogP contribution in [-0.4, -0.2) is 29.7 Å². The van der Waals surface area contributed by atoms with Crippen LogP contribution in [0.15, 0.2) is 30.3 Å². The maximum Gasteiger partial charge on any atom is 0.224 e. The molecule has 1 fully saturated rings. The van der Waals surface area contributed by atoms with Crippen LogP contribution in [0.5, 0.6) is 5.75 Å². The largest absolute Gasteiger partial charge is 0.496 e. The smallest absolute Gasteiger partial charge is 0.224 e. The molecule has 1 saturated carbocycles. The third-order valence-corrected chi connectivity index (χ3v) is 3.65. The van der Waals surface area contributed by atoms with Crippen molar-refractivity contribution < 1.29 is 4.74 Å². The molecular formula is C17H22N4O. The summed E-state index contributed by atoms with van der Waals surface area (Å²) in [6.07, 6.45) is 3.34. The van der Waals surface area contributed by atoms with Crippen molar-refractivity contribution in [1.29, 1.82) is 0 Å². The Morgan fingerprint density at radius 1 is 1.23 bits per heavy atom. The fraction of sp³-hybridized carbons (Fsp3) is 0.412. The van der Waals surface area contributed by atoms with Gasteiger partial charge in [0.15, 0.2) is 0 Å². The van der Waals surface area contributed by atoms with E-state index in [0.29, 0.717) is 12.0 Å². The van der Waals surface area contributed by atoms with Crippen molar-refractivity contribution in [1.82, 2.24) is 9.97 Å². The van der Waals surface area contributed by atoms with Gasteiger partial charge in [-0.25, -0.2) is 4.98 Å². The van der Waals surface area contributed by atoms with E-state index in [0.717, 1.165) is 30.2 Å². The quantitative estimate of drug-likeness (QED) is 0.823. The number of aryl methyl sites for hydroxylation is 1. The monoisotopic (exact) mass is 298 g/mol. The van der Waals surface area contributed by atoms with Gasteiger partial charge >= 0.3 is 0 Å². The molecule has 2 N–H and O–H groups in total. The molecule has 0 unspecified atom stereocenters. The minimum atomic E-state index is 0.593. The van der Waals surface area contributed by atoms with Gasteiger partial charge in [-0.1, -0.05) is 18.2 Å². The first kappa shape index (κ1) is 14.6. The molecule has 22 heavy (non-hydrogen) atoms. The Morgan fingerprint density at radius 3 is 2.82 bits per heavy atom. The van der Waals surface area contributed by atoms with Gasteiger partial charge in [-0.05, 0) is 37.8 Å². The highest BCUT2D eigenvalue weighted by Crippen LogP contribution is 2.24. The predicted octanol–water partition coefficient (Wildman–Crippen LogP) is 3.02. The molecule has 0 radical (unpaired) electrons. The van der Waals surface area contributed by atoms with Crippen molar-refractivity contribution in [3.63, 3.8) is 0 Å². The van der Waals surface area contributed by atoms with Crippen LogP contribution < -0.4 is 15.4 Å². The van der Waals surface area contributed by atoms with Crippen LogP contribution in [0.4, 0.5) is 11.8 Å². The normalized spacial score (nSPS) is 13.7. The highest BCUT2D eigenvalue weighted by Gasteiger charge is 2.21. The molecule has 1 heterocycles. The van der Waals surface area contributed by atoms with E-state index in [9.17, 15) is 0 Å². The van der Waals surface area contributed by atoms with Gasteiger partial charge in [0.25, 0.3) is 0 Å². The van der Waals surface area contributed by atoms with E-state index in [1.807, 2.05) is 31.2 Å². The topological polar surface area (TPSA) is 59.1 Å². The Kier molecular flexibility index (Phi) is 4.42. The molecule has 1 aliphatic carbocycles. The van der Waals surface area contributed by atoms with Gasteiger partial charge in [0, 0.05) is 24.3 Å². The average molecular weight is 298 g/mol. The fourth-order valence-electron chi connectivity index (χ4n) is 2.38. The summed E-state index contributed by atoms with van der Waals surface area (Å²) in [6.45, 7) is 2.76. The first-order valence-electron chi connectivity index (χ1n) is 7.72. The second-order valence-electron chi connectivity index (χ2n) is 5.63. The highest BCUT2D eigenvalue weighted by atomic mass is 16.5. The highest BCUT2D eigenvalue weighted by molar-refractivity contribution is 5.44. The van der Waals surface area contributed by atoms with E-state index in [1.165, 1.54) is 18.4 Å². The van der Waals surface area contributed by atoms with Gasteiger partial charge in [-0.15, -0.1) is 0 Å². The van der Waals surface area contributed by atoms with Crippen LogP contribution in [0.3, 0.4) is 0 Å². The SMILES string of the molecule is COc1ccccc1CCNc1nc(C)cc(NC2CC2)n1. The Labute approximate surface area is 131 Å². The van der Waals surface area contributed by atoms with E-state index in [2.05, 4.69) is 26.7 Å². The number of hydrogen-bond donors (Lipinski definition) is 2. The van der Waals surface area contributed by atoms with E-state index >= 15 is 0 Å². The maximum atomic E-state index is 5.37. The van der Waals surface area contributed by atoms with Crippen molar-refractivity contribution in [2.24, 2.45) is 0 Å².